The summed E-state index contributed by atoms with van der Waals surface area (Å²) in [6.07, 6.45) is 5.72. The van der Waals surface area contributed by atoms with E-state index in [0.717, 1.165) is 12.7 Å². The Morgan fingerprint density at radius 3 is 2.58 bits per heavy atom. The van der Waals surface area contributed by atoms with Gasteiger partial charge in [-0.15, -0.1) is 0 Å². The molecule has 0 radical (unpaired) electrons. The Balaban J connectivity index is 3.57. The van der Waals surface area contributed by atoms with E-state index in [1.165, 1.54) is 0 Å². The zero-order valence-corrected chi connectivity index (χ0v) is 7.19. The standard InChI is InChI=1S/C9H14O3/c1-2-8(7-10)5-3-4-6-9(11)12/h3-4,7-8H,2,5-6H2,1H3,(H,11,12). The number of aldehydes is 1. The fourth-order valence-corrected chi connectivity index (χ4v) is 0.774. The lowest BCUT2D eigenvalue weighted by atomic mass is 10.0. The second-order valence-electron chi connectivity index (χ2n) is 2.61. The zero-order valence-electron chi connectivity index (χ0n) is 7.19. The summed E-state index contributed by atoms with van der Waals surface area (Å²) in [5.74, 6) is -0.805. The minimum Gasteiger partial charge on any atom is -0.481 e. The number of hydrogen-bond donors (Lipinski definition) is 1. The van der Waals surface area contributed by atoms with Gasteiger partial charge in [0.2, 0.25) is 0 Å². The topological polar surface area (TPSA) is 54.4 Å². The maximum atomic E-state index is 10.3. The van der Waals surface area contributed by atoms with Crippen LogP contribution in [0.2, 0.25) is 0 Å². The first-order valence-electron chi connectivity index (χ1n) is 4.02. The molecule has 0 rings (SSSR count). The molecule has 0 aliphatic rings. The van der Waals surface area contributed by atoms with Crippen molar-refractivity contribution in [3.63, 3.8) is 0 Å². The van der Waals surface area contributed by atoms with Crippen LogP contribution < -0.4 is 0 Å². The van der Waals surface area contributed by atoms with Gasteiger partial charge in [-0.3, -0.25) is 4.79 Å². The monoisotopic (exact) mass is 170 g/mol. The third kappa shape index (κ3) is 5.65. The minimum absolute atomic E-state index is 0.0370. The summed E-state index contributed by atoms with van der Waals surface area (Å²) < 4.78 is 0. The predicted molar refractivity (Wildman–Crippen MR) is 45.9 cm³/mol. The average Bonchev–Trinajstić information content (AvgIpc) is 2.04. The number of carboxylic acid groups (broad SMARTS) is 1. The van der Waals surface area contributed by atoms with Gasteiger partial charge < -0.3 is 9.90 Å². The Labute approximate surface area is 72.1 Å². The fraction of sp³-hybridized carbons (Fsp3) is 0.556. The number of carbonyl (C=O) groups is 2. The molecule has 1 unspecified atom stereocenters. The van der Waals surface area contributed by atoms with Crippen molar-refractivity contribution in [1.29, 1.82) is 0 Å². The summed E-state index contributed by atoms with van der Waals surface area (Å²) in [7, 11) is 0. The molecular formula is C9H14O3. The second-order valence-corrected chi connectivity index (χ2v) is 2.61. The van der Waals surface area contributed by atoms with Gasteiger partial charge in [0.1, 0.15) is 6.29 Å². The van der Waals surface area contributed by atoms with Gasteiger partial charge in [-0.25, -0.2) is 0 Å². The first-order valence-corrected chi connectivity index (χ1v) is 4.02. The number of hydrogen-bond acceptors (Lipinski definition) is 2. The van der Waals surface area contributed by atoms with E-state index in [9.17, 15) is 9.59 Å². The normalized spacial score (nSPS) is 13.1. The van der Waals surface area contributed by atoms with Crippen molar-refractivity contribution in [1.82, 2.24) is 0 Å². The molecule has 0 aromatic heterocycles. The highest BCUT2D eigenvalue weighted by Gasteiger charge is 2.00. The van der Waals surface area contributed by atoms with Gasteiger partial charge in [-0.2, -0.15) is 0 Å². The molecule has 0 spiro atoms. The summed E-state index contributed by atoms with van der Waals surface area (Å²) >= 11 is 0. The van der Waals surface area contributed by atoms with Gasteiger partial charge >= 0.3 is 5.97 Å². The molecule has 0 aliphatic heterocycles. The van der Waals surface area contributed by atoms with Crippen LogP contribution in [0.3, 0.4) is 0 Å². The highest BCUT2D eigenvalue weighted by Crippen LogP contribution is 2.05. The number of rotatable bonds is 6. The Morgan fingerprint density at radius 2 is 2.17 bits per heavy atom. The van der Waals surface area contributed by atoms with Crippen LogP contribution in [0, 0.1) is 5.92 Å². The lowest BCUT2D eigenvalue weighted by molar-refractivity contribution is -0.136. The molecule has 0 aromatic carbocycles. The predicted octanol–water partition coefficient (Wildman–Crippen LogP) is 1.63. The van der Waals surface area contributed by atoms with E-state index in [0.29, 0.717) is 6.42 Å². The van der Waals surface area contributed by atoms with Gasteiger partial charge in [0.15, 0.2) is 0 Å². The van der Waals surface area contributed by atoms with Crippen LogP contribution in [-0.2, 0) is 9.59 Å². The van der Waals surface area contributed by atoms with Crippen molar-refractivity contribution >= 4 is 12.3 Å². The van der Waals surface area contributed by atoms with Gasteiger partial charge in [0.25, 0.3) is 0 Å². The van der Waals surface area contributed by atoms with E-state index in [1.54, 1.807) is 12.2 Å². The van der Waals surface area contributed by atoms with Gasteiger partial charge in [-0.1, -0.05) is 19.1 Å². The third-order valence-corrected chi connectivity index (χ3v) is 1.61. The van der Waals surface area contributed by atoms with E-state index < -0.39 is 5.97 Å². The summed E-state index contributed by atoms with van der Waals surface area (Å²) in [5.41, 5.74) is 0. The number of carbonyl (C=O) groups excluding carboxylic acids is 1. The summed E-state index contributed by atoms with van der Waals surface area (Å²) in [6, 6.07) is 0. The van der Waals surface area contributed by atoms with Crippen LogP contribution in [0.25, 0.3) is 0 Å². The molecule has 0 fully saturated rings. The Hall–Kier alpha value is -1.12. The molecular weight excluding hydrogens is 156 g/mol. The molecule has 0 heterocycles. The lowest BCUT2D eigenvalue weighted by Crippen LogP contribution is -1.97. The number of allylic oxidation sites excluding steroid dienone is 1. The Bertz CT molecular complexity index is 173. The van der Waals surface area contributed by atoms with Crippen molar-refractivity contribution in [3.8, 4) is 0 Å². The third-order valence-electron chi connectivity index (χ3n) is 1.61. The van der Waals surface area contributed by atoms with E-state index in [1.807, 2.05) is 6.92 Å². The molecule has 1 atom stereocenters. The van der Waals surface area contributed by atoms with Crippen LogP contribution in [-0.4, -0.2) is 17.4 Å². The maximum absolute atomic E-state index is 10.3. The van der Waals surface area contributed by atoms with E-state index in [-0.39, 0.29) is 12.3 Å². The molecule has 0 saturated heterocycles. The van der Waals surface area contributed by atoms with Crippen LogP contribution in [0.15, 0.2) is 12.2 Å². The van der Waals surface area contributed by atoms with Crippen molar-refractivity contribution < 1.29 is 14.7 Å². The van der Waals surface area contributed by atoms with E-state index in [4.69, 9.17) is 5.11 Å². The smallest absolute Gasteiger partial charge is 0.307 e. The number of carboxylic acids is 1. The van der Waals surface area contributed by atoms with Crippen LogP contribution in [0.4, 0.5) is 0 Å². The van der Waals surface area contributed by atoms with Crippen LogP contribution in [0.1, 0.15) is 26.2 Å². The minimum atomic E-state index is -0.842. The molecule has 1 N–H and O–H groups in total. The second kappa shape index (κ2) is 6.58. The summed E-state index contributed by atoms with van der Waals surface area (Å²) in [5, 5.41) is 8.27. The average molecular weight is 170 g/mol. The molecule has 0 aromatic rings. The van der Waals surface area contributed by atoms with Crippen molar-refractivity contribution in [2.24, 2.45) is 5.92 Å². The largest absolute Gasteiger partial charge is 0.481 e. The zero-order chi connectivity index (χ0) is 9.40. The summed E-state index contributed by atoms with van der Waals surface area (Å²) in [4.78, 5) is 20.4. The molecule has 0 saturated carbocycles. The summed E-state index contributed by atoms with van der Waals surface area (Å²) in [6.45, 7) is 1.93. The molecule has 68 valence electrons. The molecule has 3 nitrogen and oxygen atoms in total. The van der Waals surface area contributed by atoms with Gasteiger partial charge in [-0.05, 0) is 12.8 Å². The SMILES string of the molecule is CCC(C=O)CC=CCC(=O)O. The number of aliphatic carboxylic acids is 1. The van der Waals surface area contributed by atoms with E-state index in [2.05, 4.69) is 0 Å². The maximum Gasteiger partial charge on any atom is 0.307 e. The van der Waals surface area contributed by atoms with Crippen molar-refractivity contribution in [3.05, 3.63) is 12.2 Å². The first-order chi connectivity index (χ1) is 5.70. The van der Waals surface area contributed by atoms with Crippen LogP contribution >= 0.6 is 0 Å². The molecule has 0 bridgehead atoms. The Morgan fingerprint density at radius 1 is 1.50 bits per heavy atom. The van der Waals surface area contributed by atoms with Crippen molar-refractivity contribution in [2.75, 3.05) is 0 Å². The quantitative estimate of drug-likeness (QED) is 0.487. The van der Waals surface area contributed by atoms with E-state index >= 15 is 0 Å². The highest BCUT2D eigenvalue weighted by atomic mass is 16.4. The first kappa shape index (κ1) is 10.9. The van der Waals surface area contributed by atoms with Gasteiger partial charge in [0, 0.05) is 5.92 Å². The Kier molecular flexibility index (Phi) is 5.97. The fourth-order valence-electron chi connectivity index (χ4n) is 0.774. The molecule has 0 amide bonds. The lowest BCUT2D eigenvalue weighted by Gasteiger charge is -2.00. The van der Waals surface area contributed by atoms with Gasteiger partial charge in [0.05, 0.1) is 6.42 Å². The van der Waals surface area contributed by atoms with Crippen molar-refractivity contribution in [2.45, 2.75) is 26.2 Å². The van der Waals surface area contributed by atoms with Crippen LogP contribution in [0.5, 0.6) is 0 Å². The highest BCUT2D eigenvalue weighted by molar-refractivity contribution is 5.68. The molecule has 3 heteroatoms. The molecule has 0 aliphatic carbocycles. The molecule has 12 heavy (non-hydrogen) atoms.